The summed E-state index contributed by atoms with van der Waals surface area (Å²) in [6.45, 7) is -0.0478. The Morgan fingerprint density at radius 1 is 1.27 bits per heavy atom. The first-order valence-electron chi connectivity index (χ1n) is 12.2. The summed E-state index contributed by atoms with van der Waals surface area (Å²) in [5.74, 6) is 0.391. The molecule has 1 aromatic carbocycles. The Morgan fingerprint density at radius 2 is 2.11 bits per heavy atom. The lowest BCUT2D eigenvalue weighted by Crippen LogP contribution is -2.57. The predicted molar refractivity (Wildman–Crippen MR) is 125 cm³/mol. The molecule has 5 heterocycles. The van der Waals surface area contributed by atoms with Crippen LogP contribution in [0.25, 0.3) is 27.7 Å². The van der Waals surface area contributed by atoms with Crippen molar-refractivity contribution in [2.75, 3.05) is 38.7 Å². The van der Waals surface area contributed by atoms with E-state index in [0.717, 1.165) is 4.68 Å². The van der Waals surface area contributed by atoms with Crippen LogP contribution >= 0.6 is 0 Å². The number of hydrogen-bond acceptors (Lipinski definition) is 8. The van der Waals surface area contributed by atoms with Gasteiger partial charge in [0.15, 0.2) is 0 Å². The van der Waals surface area contributed by atoms with Crippen LogP contribution < -0.4 is 10.1 Å². The number of nitrogens with one attached hydrogen (secondary N) is 1. The molecule has 0 saturated carbocycles. The number of anilines is 1. The van der Waals surface area contributed by atoms with E-state index in [9.17, 15) is 13.2 Å². The third kappa shape index (κ3) is 4.55. The molecular weight excluding hydrogens is 496 g/mol. The highest BCUT2D eigenvalue weighted by Crippen LogP contribution is 2.33. The molecule has 2 aliphatic heterocycles. The second-order valence-electron chi connectivity index (χ2n) is 9.09. The van der Waals surface area contributed by atoms with Crippen molar-refractivity contribution in [1.82, 2.24) is 34.5 Å². The lowest BCUT2D eigenvalue weighted by atomic mass is 10.0. The molecule has 3 aromatic heterocycles. The third-order valence-electron chi connectivity index (χ3n) is 6.67. The van der Waals surface area contributed by atoms with E-state index in [1.54, 1.807) is 35.4 Å². The van der Waals surface area contributed by atoms with Crippen LogP contribution in [0.2, 0.25) is 0 Å². The van der Waals surface area contributed by atoms with Crippen LogP contribution in [0.4, 0.5) is 23.5 Å². The number of aromatic nitrogens is 6. The van der Waals surface area contributed by atoms with E-state index in [-0.39, 0.29) is 37.1 Å². The molecule has 6 rings (SSSR count). The van der Waals surface area contributed by atoms with Crippen LogP contribution in [-0.4, -0.2) is 92.3 Å². The van der Waals surface area contributed by atoms with Crippen molar-refractivity contribution >= 4 is 22.5 Å². The van der Waals surface area contributed by atoms with Crippen LogP contribution in [0.1, 0.15) is 7.79 Å². The van der Waals surface area contributed by atoms with Crippen LogP contribution in [0.3, 0.4) is 0 Å². The molecule has 2 saturated heterocycles. The van der Waals surface area contributed by atoms with Crippen LogP contribution in [0, 0.1) is 0 Å². The van der Waals surface area contributed by atoms with E-state index >= 15 is 4.39 Å². The van der Waals surface area contributed by atoms with Gasteiger partial charge < -0.3 is 14.8 Å². The van der Waals surface area contributed by atoms with Crippen molar-refractivity contribution in [3.63, 3.8) is 0 Å². The minimum atomic E-state index is -4.44. The Morgan fingerprint density at radius 3 is 2.81 bits per heavy atom. The maximum absolute atomic E-state index is 15.0. The normalized spacial score (nSPS) is 22.7. The van der Waals surface area contributed by atoms with Crippen molar-refractivity contribution in [3.8, 4) is 17.0 Å². The van der Waals surface area contributed by atoms with Crippen LogP contribution in [-0.2, 0) is 11.3 Å². The molecule has 14 heteroatoms. The van der Waals surface area contributed by atoms with E-state index in [1.807, 2.05) is 0 Å². The second kappa shape index (κ2) is 9.10. The molecule has 0 unspecified atom stereocenters. The zero-order valence-corrected chi connectivity index (χ0v) is 19.7. The van der Waals surface area contributed by atoms with E-state index < -0.39 is 31.0 Å². The Hall–Kier alpha value is -3.52. The number of fused-ring (bicyclic) bond motifs is 2. The first-order chi connectivity index (χ1) is 18.1. The average molecular weight is 521 g/mol. The number of hydrogen-bond donors (Lipinski definition) is 1. The predicted octanol–water partition coefficient (Wildman–Crippen LogP) is 2.94. The Bertz CT molecular complexity index is 1490. The number of halogens is 4. The van der Waals surface area contributed by atoms with Crippen LogP contribution in [0.5, 0.6) is 5.88 Å². The molecule has 2 fully saturated rings. The Kier molecular flexibility index (Phi) is 5.57. The molecule has 0 aliphatic carbocycles. The maximum atomic E-state index is 15.0. The highest BCUT2D eigenvalue weighted by Gasteiger charge is 2.36. The van der Waals surface area contributed by atoms with Gasteiger partial charge in [-0.3, -0.25) is 4.90 Å². The smallest absolute Gasteiger partial charge is 0.408 e. The molecule has 196 valence electrons. The fourth-order valence-electron chi connectivity index (χ4n) is 4.74. The maximum Gasteiger partial charge on any atom is 0.408 e. The van der Waals surface area contributed by atoms with E-state index in [2.05, 4.69) is 25.7 Å². The fraction of sp³-hybridized carbons (Fsp3) is 0.478. The fourth-order valence-corrected chi connectivity index (χ4v) is 4.74. The van der Waals surface area contributed by atoms with E-state index in [4.69, 9.17) is 10.8 Å². The van der Waals surface area contributed by atoms with E-state index in [1.165, 1.54) is 11.6 Å². The quantitative estimate of drug-likeness (QED) is 0.387. The Labute approximate surface area is 209 Å². The molecular formula is C23H24F4N8O2. The minimum absolute atomic E-state index is 0.111. The zero-order chi connectivity index (χ0) is 26.7. The number of ether oxygens (including phenoxy) is 2. The molecule has 1 N–H and O–H groups in total. The van der Waals surface area contributed by atoms with Crippen molar-refractivity contribution in [1.29, 1.82) is 0 Å². The lowest BCUT2D eigenvalue weighted by Gasteiger charge is -2.42. The monoisotopic (exact) mass is 521 g/mol. The number of rotatable bonds is 6. The third-order valence-corrected chi connectivity index (χ3v) is 6.67. The van der Waals surface area contributed by atoms with Gasteiger partial charge in [-0.1, -0.05) is 11.3 Å². The highest BCUT2D eigenvalue weighted by molar-refractivity contribution is 5.89. The van der Waals surface area contributed by atoms with Gasteiger partial charge >= 0.3 is 6.18 Å². The molecule has 0 bridgehead atoms. The number of nitrogens with zero attached hydrogens (tertiary/aromatic N) is 7. The van der Waals surface area contributed by atoms with Crippen molar-refractivity contribution in [3.05, 3.63) is 30.5 Å². The summed E-state index contributed by atoms with van der Waals surface area (Å²) < 4.78 is 75.3. The number of benzene rings is 1. The molecule has 37 heavy (non-hydrogen) atoms. The number of piperidine rings is 1. The minimum Gasteiger partial charge on any atom is -0.479 e. The molecule has 2 atom stereocenters. The highest BCUT2D eigenvalue weighted by atomic mass is 19.4. The number of likely N-dealkylation sites (tertiary alicyclic amines) is 1. The summed E-state index contributed by atoms with van der Waals surface area (Å²) in [5, 5.41) is 15.0. The van der Waals surface area contributed by atoms with Gasteiger partial charge in [0.2, 0.25) is 11.8 Å². The summed E-state index contributed by atoms with van der Waals surface area (Å²) in [6.07, 6.45) is -3.55. The van der Waals surface area contributed by atoms with Crippen molar-refractivity contribution in [2.24, 2.45) is 0 Å². The van der Waals surface area contributed by atoms with Crippen molar-refractivity contribution in [2.45, 2.75) is 37.4 Å². The van der Waals surface area contributed by atoms with Gasteiger partial charge in [0, 0.05) is 24.8 Å². The van der Waals surface area contributed by atoms with Gasteiger partial charge in [0.1, 0.15) is 23.7 Å². The first kappa shape index (κ1) is 22.7. The summed E-state index contributed by atoms with van der Waals surface area (Å²) >= 11 is 0. The Balaban J connectivity index is 1.28. The number of methoxy groups -OCH3 is 1. The standard InChI is InChI=1S/C23H24F4N8O2/c1-36-21-20-15(13-2-3-18-19(8-13)35(32-30-18)12-23(25,26)27)4-7-34(20)31-22(29-21)28-17-5-6-33(9-16(17)24)14-10-37-11-14/h2-4,7-8,14,16-17H,5-6,9-12H2,1H3,(H,28,31)/t16-,17-/m1/s1/i14D. The molecule has 4 aromatic rings. The van der Waals surface area contributed by atoms with Gasteiger partial charge in [-0.2, -0.15) is 18.2 Å². The summed E-state index contributed by atoms with van der Waals surface area (Å²) in [4.78, 5) is 6.24. The number of alkyl halides is 4. The van der Waals surface area contributed by atoms with Gasteiger partial charge in [-0.05, 0) is 30.2 Å². The largest absolute Gasteiger partial charge is 0.479 e. The SMILES string of the molecule is [2H]C1(N2CC[C@@H](Nc3nc(OC)c4c(-c5ccc6nnn(CC(F)(F)F)c6c5)ccn4n3)[C@H](F)C2)COC1. The summed E-state index contributed by atoms with van der Waals surface area (Å²) in [6, 6.07) is 5.25. The summed E-state index contributed by atoms with van der Waals surface area (Å²) in [5.41, 5.74) is 2.31. The molecule has 2 aliphatic rings. The van der Waals surface area contributed by atoms with Crippen LogP contribution in [0.15, 0.2) is 30.5 Å². The molecule has 0 spiro atoms. The topological polar surface area (TPSA) is 94.6 Å². The van der Waals surface area contributed by atoms with Gasteiger partial charge in [-0.15, -0.1) is 10.2 Å². The molecule has 0 radical (unpaired) electrons. The van der Waals surface area contributed by atoms with Crippen molar-refractivity contribution < 1.29 is 28.4 Å². The molecule has 10 nitrogen and oxygen atoms in total. The lowest BCUT2D eigenvalue weighted by molar-refractivity contribution is -0.142. The second-order valence-corrected chi connectivity index (χ2v) is 9.09. The van der Waals surface area contributed by atoms with Gasteiger partial charge in [0.25, 0.3) is 0 Å². The first-order valence-corrected chi connectivity index (χ1v) is 11.7. The van der Waals surface area contributed by atoms with Gasteiger partial charge in [-0.25, -0.2) is 13.6 Å². The van der Waals surface area contributed by atoms with E-state index in [0.29, 0.717) is 35.1 Å². The average Bonchev–Trinajstić information content (AvgIpc) is 3.46. The molecule has 0 amide bonds. The zero-order valence-electron chi connectivity index (χ0n) is 20.7. The summed E-state index contributed by atoms with van der Waals surface area (Å²) in [7, 11) is 1.44. The van der Waals surface area contributed by atoms with Gasteiger partial charge in [0.05, 0.1) is 39.3 Å².